The van der Waals surface area contributed by atoms with Crippen LogP contribution in [-0.4, -0.2) is 79.5 Å². The second-order valence-electron chi connectivity index (χ2n) is 7.47. The molecule has 0 aliphatic carbocycles. The average molecular weight is 529 g/mol. The van der Waals surface area contributed by atoms with Crippen LogP contribution in [0.4, 0.5) is 65.9 Å². The largest absolute Gasteiger partial charge is 0.460 e. The van der Waals surface area contributed by atoms with Crippen molar-refractivity contribution in [2.24, 2.45) is 0 Å². The van der Waals surface area contributed by atoms with E-state index in [4.69, 9.17) is 0 Å². The highest BCUT2D eigenvalue weighted by Gasteiger charge is 2.94. The number of halogens is 15. The summed E-state index contributed by atoms with van der Waals surface area (Å²) in [6, 6.07) is 0. The summed E-state index contributed by atoms with van der Waals surface area (Å²) in [6.07, 6.45) is -9.21. The third-order valence-corrected chi connectivity index (χ3v) is 4.11. The van der Waals surface area contributed by atoms with Gasteiger partial charge in [0.2, 0.25) is 6.23 Å². The quantitative estimate of drug-likeness (QED) is 0.190. The number of rotatable bonds is 10. The van der Waals surface area contributed by atoms with Crippen LogP contribution in [0.25, 0.3) is 0 Å². The van der Waals surface area contributed by atoms with Gasteiger partial charge in [-0.3, -0.25) is 4.79 Å². The van der Waals surface area contributed by atoms with Gasteiger partial charge in [0.25, 0.3) is 0 Å². The maximum absolute atomic E-state index is 13.7. The van der Waals surface area contributed by atoms with Gasteiger partial charge in [0.15, 0.2) is 0 Å². The minimum Gasteiger partial charge on any atom is -0.304 e. The summed E-state index contributed by atoms with van der Waals surface area (Å²) in [7, 11) is 3.85. The lowest BCUT2D eigenvalue weighted by atomic mass is 9.91. The highest BCUT2D eigenvalue weighted by atomic mass is 19.4. The predicted molar refractivity (Wildman–Crippen MR) is 77.1 cm³/mol. The summed E-state index contributed by atoms with van der Waals surface area (Å²) >= 11 is 0. The Kier molecular flexibility index (Phi) is 8.10. The van der Waals surface area contributed by atoms with Gasteiger partial charge in [-0.15, -0.1) is 0 Å². The van der Waals surface area contributed by atoms with Gasteiger partial charge in [-0.25, -0.2) is 10.3 Å². The lowest BCUT2D eigenvalue weighted by molar-refractivity contribution is -0.921. The number of hydrogen-bond acceptors (Lipinski definition) is 2. The van der Waals surface area contributed by atoms with Crippen LogP contribution in [0.3, 0.4) is 0 Å². The predicted octanol–water partition coefficient (Wildman–Crippen LogP) is 4.85. The first-order valence-electron chi connectivity index (χ1n) is 8.19. The highest BCUT2D eigenvalue weighted by Crippen LogP contribution is 2.62. The molecule has 0 radical (unpaired) electrons. The molecule has 19 heteroatoms. The average Bonchev–Trinajstić information content (AvgIpc) is 2.58. The van der Waals surface area contributed by atoms with Crippen molar-refractivity contribution in [3.8, 4) is 0 Å². The molecule has 198 valence electrons. The van der Waals surface area contributed by atoms with Crippen LogP contribution in [0, 0.1) is 0 Å². The van der Waals surface area contributed by atoms with Crippen molar-refractivity contribution in [2.75, 3.05) is 21.1 Å². The normalized spacial score (nSPS) is 16.6. The SMILES string of the molecule is CCC(ONC(=O)C(F)(F)C(F)(F)C(F)(F)C(F)(F)C(F)(F)C(F)(F)C(F)(F)F)[N+](C)(C)C. The van der Waals surface area contributed by atoms with E-state index in [1.807, 2.05) is 0 Å². The summed E-state index contributed by atoms with van der Waals surface area (Å²) in [5.74, 6) is -51.9. The zero-order chi connectivity index (χ0) is 27.3. The van der Waals surface area contributed by atoms with Crippen LogP contribution in [0.2, 0.25) is 0 Å². The molecule has 0 saturated heterocycles. The van der Waals surface area contributed by atoms with Gasteiger partial charge in [0, 0.05) is 6.42 Å². The topological polar surface area (TPSA) is 38.3 Å². The van der Waals surface area contributed by atoms with Crippen molar-refractivity contribution in [2.45, 2.75) is 61.3 Å². The molecule has 1 atom stereocenters. The van der Waals surface area contributed by atoms with E-state index in [2.05, 4.69) is 4.84 Å². The fraction of sp³-hybridized carbons (Fsp3) is 0.929. The lowest BCUT2D eigenvalue weighted by Crippen LogP contribution is -2.74. The number of nitrogens with zero attached hydrogens (tertiary/aromatic N) is 1. The van der Waals surface area contributed by atoms with Crippen molar-refractivity contribution in [3.05, 3.63) is 0 Å². The molecule has 0 aliphatic heterocycles. The Morgan fingerprint density at radius 1 is 0.697 bits per heavy atom. The summed E-state index contributed by atoms with van der Waals surface area (Å²) in [5, 5.41) is 0. The van der Waals surface area contributed by atoms with Gasteiger partial charge < -0.3 is 4.48 Å². The van der Waals surface area contributed by atoms with E-state index >= 15 is 0 Å². The molecule has 33 heavy (non-hydrogen) atoms. The highest BCUT2D eigenvalue weighted by molar-refractivity contribution is 5.84. The molecule has 1 N–H and O–H groups in total. The molecule has 0 aromatic heterocycles. The van der Waals surface area contributed by atoms with Crippen LogP contribution in [0.5, 0.6) is 0 Å². The fourth-order valence-corrected chi connectivity index (χ4v) is 2.08. The molecule has 0 fully saturated rings. The van der Waals surface area contributed by atoms with E-state index in [-0.39, 0.29) is 10.9 Å². The molecule has 0 aliphatic rings. The van der Waals surface area contributed by atoms with Crippen molar-refractivity contribution in [3.63, 3.8) is 0 Å². The molecule has 0 rings (SSSR count). The maximum Gasteiger partial charge on any atom is 0.460 e. The van der Waals surface area contributed by atoms with E-state index in [0.717, 1.165) is 0 Å². The molecule has 0 aromatic rings. The number of hydrogen-bond donors (Lipinski definition) is 1. The zero-order valence-corrected chi connectivity index (χ0v) is 16.7. The number of hydroxylamine groups is 1. The van der Waals surface area contributed by atoms with Crippen molar-refractivity contribution < 1.29 is 80.0 Å². The van der Waals surface area contributed by atoms with Gasteiger partial charge in [-0.2, -0.15) is 65.9 Å². The van der Waals surface area contributed by atoms with Gasteiger partial charge in [-0.05, 0) is 0 Å². The molecule has 0 aromatic carbocycles. The first kappa shape index (κ1) is 31.3. The molecule has 0 spiro atoms. The van der Waals surface area contributed by atoms with Crippen LogP contribution in [0.15, 0.2) is 0 Å². The molecule has 0 bridgehead atoms. The molecule has 4 nitrogen and oxygen atoms in total. The molecular weight excluding hydrogens is 513 g/mol. The minimum atomic E-state index is -8.46. The number of quaternary nitrogens is 1. The molecule has 0 saturated carbocycles. The number of nitrogens with one attached hydrogen (secondary N) is 1. The first-order chi connectivity index (χ1) is 14.1. The fourth-order valence-electron chi connectivity index (χ4n) is 2.08. The lowest BCUT2D eigenvalue weighted by Gasteiger charge is -2.41. The van der Waals surface area contributed by atoms with Gasteiger partial charge in [0.05, 0.1) is 21.1 Å². The maximum atomic E-state index is 13.7. The summed E-state index contributed by atoms with van der Waals surface area (Å²) in [5.41, 5.74) is 0.525. The van der Waals surface area contributed by atoms with E-state index in [0.29, 0.717) is 5.48 Å². The molecule has 0 heterocycles. The number of carbonyl (C=O) groups excluding carboxylic acids is 1. The van der Waals surface area contributed by atoms with Gasteiger partial charge in [0.1, 0.15) is 0 Å². The first-order valence-corrected chi connectivity index (χ1v) is 8.19. The van der Waals surface area contributed by atoms with Crippen LogP contribution in [0.1, 0.15) is 13.3 Å². The van der Waals surface area contributed by atoms with Gasteiger partial charge >= 0.3 is 47.6 Å². The Morgan fingerprint density at radius 2 is 1.03 bits per heavy atom. The zero-order valence-electron chi connectivity index (χ0n) is 16.7. The van der Waals surface area contributed by atoms with E-state index in [9.17, 15) is 70.7 Å². The van der Waals surface area contributed by atoms with Crippen LogP contribution < -0.4 is 5.48 Å². The van der Waals surface area contributed by atoms with Crippen LogP contribution in [-0.2, 0) is 9.63 Å². The van der Waals surface area contributed by atoms with E-state index in [1.165, 1.54) is 28.1 Å². The number of carbonyl (C=O) groups is 1. The number of alkyl halides is 15. The molecular formula is C14H16F15N2O2+. The third kappa shape index (κ3) is 4.79. The molecule has 1 amide bonds. The third-order valence-electron chi connectivity index (χ3n) is 4.11. The Hall–Kier alpha value is -1.66. The standard InChI is InChI=1S/C14H15F15N2O2/c1-5-6(31(2,3)4)33-30-7(32)8(15,16)9(17,18)10(19,20)11(21,22)12(23,24)13(25,26)14(27,28)29/h6H,5H2,1-4H3/p+1. The molecule has 1 unspecified atom stereocenters. The van der Waals surface area contributed by atoms with E-state index < -0.39 is 53.8 Å². The second kappa shape index (κ2) is 8.53. The summed E-state index contributed by atoms with van der Waals surface area (Å²) in [6.45, 7) is 1.28. The Bertz CT molecular complexity index is 712. The Balaban J connectivity index is 6.30. The van der Waals surface area contributed by atoms with E-state index in [1.54, 1.807) is 0 Å². The Morgan fingerprint density at radius 3 is 1.33 bits per heavy atom. The van der Waals surface area contributed by atoms with Crippen molar-refractivity contribution >= 4 is 5.91 Å². The van der Waals surface area contributed by atoms with Crippen LogP contribution >= 0.6 is 0 Å². The van der Waals surface area contributed by atoms with Crippen molar-refractivity contribution in [1.82, 2.24) is 5.48 Å². The van der Waals surface area contributed by atoms with Crippen molar-refractivity contribution in [1.29, 1.82) is 0 Å². The minimum absolute atomic E-state index is 0.168. The summed E-state index contributed by atoms with van der Waals surface area (Å²) in [4.78, 5) is 15.5. The Labute approximate surface area is 175 Å². The monoisotopic (exact) mass is 529 g/mol. The number of amides is 1. The second-order valence-corrected chi connectivity index (χ2v) is 7.47. The smallest absolute Gasteiger partial charge is 0.304 e. The van der Waals surface area contributed by atoms with Gasteiger partial charge in [-0.1, -0.05) is 6.92 Å². The summed E-state index contributed by atoms with van der Waals surface area (Å²) < 4.78 is 196.